The van der Waals surface area contributed by atoms with Gasteiger partial charge in [-0.05, 0) is 38.0 Å². The van der Waals surface area contributed by atoms with Gasteiger partial charge in [-0.3, -0.25) is 4.79 Å². The number of ether oxygens (including phenoxy) is 1. The van der Waals surface area contributed by atoms with Crippen LogP contribution in [0, 0.1) is 5.92 Å². The smallest absolute Gasteiger partial charge is 0.237 e. The lowest BCUT2D eigenvalue weighted by molar-refractivity contribution is -0.122. The highest BCUT2D eigenvalue weighted by Crippen LogP contribution is 2.22. The molecule has 0 bridgehead atoms. The van der Waals surface area contributed by atoms with Crippen LogP contribution in [-0.4, -0.2) is 37.7 Å². The van der Waals surface area contributed by atoms with Gasteiger partial charge in [0, 0.05) is 19.7 Å². The van der Waals surface area contributed by atoms with Crippen LogP contribution >= 0.6 is 0 Å². The van der Waals surface area contributed by atoms with Crippen LogP contribution in [0.15, 0.2) is 0 Å². The zero-order valence-electron chi connectivity index (χ0n) is 10.7. The topological polar surface area (TPSA) is 50.4 Å². The maximum absolute atomic E-state index is 11.8. The quantitative estimate of drug-likeness (QED) is 0.772. The molecule has 2 aliphatic rings. The van der Waals surface area contributed by atoms with Crippen molar-refractivity contribution in [3.63, 3.8) is 0 Å². The third kappa shape index (κ3) is 3.42. The largest absolute Gasteiger partial charge is 0.378 e. The molecular weight excluding hydrogens is 216 g/mol. The Balaban J connectivity index is 1.78. The predicted octanol–water partition coefficient (Wildman–Crippen LogP) is 1.06. The zero-order chi connectivity index (χ0) is 12.1. The lowest BCUT2D eigenvalue weighted by atomic mass is 9.99. The third-order valence-corrected chi connectivity index (χ3v) is 3.91. The van der Waals surface area contributed by atoms with E-state index < -0.39 is 0 Å². The molecule has 0 aliphatic carbocycles. The lowest BCUT2D eigenvalue weighted by Gasteiger charge is -2.21. The molecule has 1 amide bonds. The van der Waals surface area contributed by atoms with Crippen molar-refractivity contribution in [3.8, 4) is 0 Å². The molecule has 3 atom stereocenters. The first-order valence-corrected chi connectivity index (χ1v) is 6.94. The summed E-state index contributed by atoms with van der Waals surface area (Å²) in [5, 5.41) is 6.39. The Morgan fingerprint density at radius 2 is 2.29 bits per heavy atom. The summed E-state index contributed by atoms with van der Waals surface area (Å²) < 4.78 is 5.67. The molecule has 2 N–H and O–H groups in total. The number of nitrogens with one attached hydrogen (secondary N) is 2. The molecule has 0 saturated carbocycles. The zero-order valence-corrected chi connectivity index (χ0v) is 10.7. The van der Waals surface area contributed by atoms with E-state index in [1.807, 2.05) is 0 Å². The van der Waals surface area contributed by atoms with E-state index in [4.69, 9.17) is 4.74 Å². The molecule has 0 aromatic heterocycles. The first-order valence-electron chi connectivity index (χ1n) is 6.94. The van der Waals surface area contributed by atoms with Gasteiger partial charge in [0.15, 0.2) is 0 Å². The van der Waals surface area contributed by atoms with E-state index in [1.165, 1.54) is 0 Å². The van der Waals surface area contributed by atoms with Crippen molar-refractivity contribution in [1.82, 2.24) is 10.6 Å². The molecule has 0 aromatic rings. The van der Waals surface area contributed by atoms with Crippen LogP contribution in [0.3, 0.4) is 0 Å². The Morgan fingerprint density at radius 1 is 1.41 bits per heavy atom. The minimum atomic E-state index is 0.00982. The molecule has 2 fully saturated rings. The standard InChI is InChI=1S/C13H24N2O2/c1-2-12-10(6-8-17-12)9-15-11-5-3-4-7-14-13(11)16/h10-12,15H,2-9H2,1H3,(H,14,16). The highest BCUT2D eigenvalue weighted by atomic mass is 16.5. The van der Waals surface area contributed by atoms with E-state index in [0.29, 0.717) is 12.0 Å². The SMILES string of the molecule is CCC1OCCC1CNC1CCCCNC1=O. The van der Waals surface area contributed by atoms with Gasteiger partial charge in [-0.1, -0.05) is 6.92 Å². The number of hydrogen-bond donors (Lipinski definition) is 2. The maximum Gasteiger partial charge on any atom is 0.237 e. The summed E-state index contributed by atoms with van der Waals surface area (Å²) >= 11 is 0. The third-order valence-electron chi connectivity index (χ3n) is 3.91. The molecule has 98 valence electrons. The summed E-state index contributed by atoms with van der Waals surface area (Å²) in [6.07, 6.45) is 5.79. The number of carbonyl (C=O) groups excluding carboxylic acids is 1. The normalized spacial score (nSPS) is 34.4. The van der Waals surface area contributed by atoms with Gasteiger partial charge in [-0.2, -0.15) is 0 Å². The van der Waals surface area contributed by atoms with Crippen molar-refractivity contribution in [2.45, 2.75) is 51.2 Å². The van der Waals surface area contributed by atoms with Crippen LogP contribution in [-0.2, 0) is 9.53 Å². The Bertz CT molecular complexity index is 258. The minimum Gasteiger partial charge on any atom is -0.378 e. The Kier molecular flexibility index (Phi) is 4.80. The van der Waals surface area contributed by atoms with Crippen molar-refractivity contribution in [2.75, 3.05) is 19.7 Å². The van der Waals surface area contributed by atoms with Gasteiger partial charge in [0.1, 0.15) is 0 Å². The minimum absolute atomic E-state index is 0.00982. The monoisotopic (exact) mass is 240 g/mol. The second-order valence-electron chi connectivity index (χ2n) is 5.11. The molecule has 2 heterocycles. The molecule has 2 saturated heterocycles. The van der Waals surface area contributed by atoms with E-state index >= 15 is 0 Å². The Morgan fingerprint density at radius 3 is 3.12 bits per heavy atom. The highest BCUT2D eigenvalue weighted by Gasteiger charge is 2.28. The van der Waals surface area contributed by atoms with Gasteiger partial charge in [0.2, 0.25) is 5.91 Å². The fourth-order valence-electron chi connectivity index (χ4n) is 2.81. The van der Waals surface area contributed by atoms with Gasteiger partial charge in [0.05, 0.1) is 12.1 Å². The molecule has 17 heavy (non-hydrogen) atoms. The average molecular weight is 240 g/mol. The molecule has 0 spiro atoms. The molecule has 0 aromatic carbocycles. The first-order chi connectivity index (χ1) is 8.31. The molecule has 3 unspecified atom stereocenters. The van der Waals surface area contributed by atoms with Crippen LogP contribution < -0.4 is 10.6 Å². The van der Waals surface area contributed by atoms with Crippen molar-refractivity contribution in [1.29, 1.82) is 0 Å². The van der Waals surface area contributed by atoms with Crippen LogP contribution in [0.1, 0.15) is 39.0 Å². The van der Waals surface area contributed by atoms with Crippen molar-refractivity contribution in [3.05, 3.63) is 0 Å². The Labute approximate surface area is 103 Å². The molecule has 0 radical (unpaired) electrons. The van der Waals surface area contributed by atoms with E-state index in [1.54, 1.807) is 0 Å². The average Bonchev–Trinajstić information content (AvgIpc) is 2.70. The molecular formula is C13H24N2O2. The number of rotatable bonds is 4. The van der Waals surface area contributed by atoms with Crippen molar-refractivity contribution >= 4 is 5.91 Å². The Hall–Kier alpha value is -0.610. The summed E-state index contributed by atoms with van der Waals surface area (Å²) in [6.45, 7) is 4.79. The van der Waals surface area contributed by atoms with E-state index in [2.05, 4.69) is 17.6 Å². The fourth-order valence-corrected chi connectivity index (χ4v) is 2.81. The maximum atomic E-state index is 11.8. The van der Waals surface area contributed by atoms with Crippen LogP contribution in [0.5, 0.6) is 0 Å². The second-order valence-corrected chi connectivity index (χ2v) is 5.11. The summed E-state index contributed by atoms with van der Waals surface area (Å²) in [7, 11) is 0. The van der Waals surface area contributed by atoms with Crippen LogP contribution in [0.25, 0.3) is 0 Å². The second kappa shape index (κ2) is 6.36. The van der Waals surface area contributed by atoms with Gasteiger partial charge < -0.3 is 15.4 Å². The summed E-state index contributed by atoms with van der Waals surface area (Å²) in [5.41, 5.74) is 0. The number of amides is 1. The van der Waals surface area contributed by atoms with E-state index in [-0.39, 0.29) is 11.9 Å². The summed E-state index contributed by atoms with van der Waals surface area (Å²) in [4.78, 5) is 11.8. The van der Waals surface area contributed by atoms with E-state index in [9.17, 15) is 4.79 Å². The molecule has 2 rings (SSSR count). The molecule has 4 heteroatoms. The van der Waals surface area contributed by atoms with Crippen molar-refractivity contribution < 1.29 is 9.53 Å². The number of carbonyl (C=O) groups is 1. The predicted molar refractivity (Wildman–Crippen MR) is 66.8 cm³/mol. The van der Waals surface area contributed by atoms with Gasteiger partial charge in [-0.25, -0.2) is 0 Å². The number of hydrogen-bond acceptors (Lipinski definition) is 3. The van der Waals surface area contributed by atoms with Gasteiger partial charge >= 0.3 is 0 Å². The molecule has 2 aliphatic heterocycles. The van der Waals surface area contributed by atoms with Gasteiger partial charge in [-0.15, -0.1) is 0 Å². The fraction of sp³-hybridized carbons (Fsp3) is 0.923. The van der Waals surface area contributed by atoms with E-state index in [0.717, 1.165) is 51.8 Å². The summed E-state index contributed by atoms with van der Waals surface area (Å²) in [5.74, 6) is 0.755. The highest BCUT2D eigenvalue weighted by molar-refractivity contribution is 5.81. The van der Waals surface area contributed by atoms with Crippen LogP contribution in [0.2, 0.25) is 0 Å². The summed E-state index contributed by atoms with van der Waals surface area (Å²) in [6, 6.07) is 0.00982. The van der Waals surface area contributed by atoms with Gasteiger partial charge in [0.25, 0.3) is 0 Å². The van der Waals surface area contributed by atoms with Crippen LogP contribution in [0.4, 0.5) is 0 Å². The molecule has 4 nitrogen and oxygen atoms in total. The first kappa shape index (κ1) is 12.8. The van der Waals surface area contributed by atoms with Crippen molar-refractivity contribution in [2.24, 2.45) is 5.92 Å². The lowest BCUT2D eigenvalue weighted by Crippen LogP contribution is -2.45.